The molecule has 3 aromatic rings. The number of carbonyl (C=O) groups excluding carboxylic acids is 1. The van der Waals surface area contributed by atoms with Gasteiger partial charge in [0.2, 0.25) is 10.0 Å². The van der Waals surface area contributed by atoms with Crippen molar-refractivity contribution in [3.8, 4) is 0 Å². The van der Waals surface area contributed by atoms with Gasteiger partial charge in [-0.05, 0) is 73.2 Å². The lowest BCUT2D eigenvalue weighted by molar-refractivity contribution is 0.102. The van der Waals surface area contributed by atoms with Gasteiger partial charge in [0.1, 0.15) is 5.82 Å². The summed E-state index contributed by atoms with van der Waals surface area (Å²) in [4.78, 5) is 12.7. The minimum absolute atomic E-state index is 0.103. The second-order valence-electron chi connectivity index (χ2n) is 8.03. The van der Waals surface area contributed by atoms with Crippen LogP contribution in [0, 0.1) is 11.7 Å². The molecule has 0 atom stereocenters. The van der Waals surface area contributed by atoms with E-state index in [2.05, 4.69) is 17.4 Å². The van der Waals surface area contributed by atoms with Gasteiger partial charge in [0, 0.05) is 24.3 Å². The SMILES string of the molecule is O=C(Nc1ccc(F)cc1)c1cccc(S(=O)(=O)N2CCC(Cc3ccccc3)CC2)c1. The molecule has 0 bridgehead atoms. The topological polar surface area (TPSA) is 66.5 Å². The Balaban J connectivity index is 1.41. The van der Waals surface area contributed by atoms with E-state index >= 15 is 0 Å². The molecule has 0 aromatic heterocycles. The third-order valence-electron chi connectivity index (χ3n) is 5.78. The van der Waals surface area contributed by atoms with Gasteiger partial charge in [-0.1, -0.05) is 36.4 Å². The molecule has 1 amide bonds. The van der Waals surface area contributed by atoms with Crippen LogP contribution in [0.4, 0.5) is 10.1 Å². The van der Waals surface area contributed by atoms with Crippen molar-refractivity contribution < 1.29 is 17.6 Å². The fraction of sp³-hybridized carbons (Fsp3) is 0.240. The van der Waals surface area contributed by atoms with Crippen LogP contribution in [-0.2, 0) is 16.4 Å². The Morgan fingerprint density at radius 1 is 0.938 bits per heavy atom. The maximum absolute atomic E-state index is 13.2. The van der Waals surface area contributed by atoms with Gasteiger partial charge in [-0.25, -0.2) is 12.8 Å². The van der Waals surface area contributed by atoms with Crippen LogP contribution < -0.4 is 5.32 Å². The van der Waals surface area contributed by atoms with Crippen molar-refractivity contribution in [1.82, 2.24) is 4.31 Å². The van der Waals surface area contributed by atoms with Crippen molar-refractivity contribution in [2.75, 3.05) is 18.4 Å². The number of piperidine rings is 1. The van der Waals surface area contributed by atoms with E-state index in [0.29, 0.717) is 24.7 Å². The molecule has 0 spiro atoms. The van der Waals surface area contributed by atoms with E-state index < -0.39 is 21.7 Å². The summed E-state index contributed by atoms with van der Waals surface area (Å²) in [5.74, 6) is -0.393. The van der Waals surface area contributed by atoms with E-state index in [1.807, 2.05) is 18.2 Å². The smallest absolute Gasteiger partial charge is 0.255 e. The molecule has 32 heavy (non-hydrogen) atoms. The number of benzene rings is 3. The normalized spacial score (nSPS) is 15.4. The van der Waals surface area contributed by atoms with Gasteiger partial charge >= 0.3 is 0 Å². The zero-order valence-corrected chi connectivity index (χ0v) is 18.4. The number of hydrogen-bond acceptors (Lipinski definition) is 3. The molecule has 1 heterocycles. The molecule has 1 N–H and O–H groups in total. The predicted molar refractivity (Wildman–Crippen MR) is 122 cm³/mol. The molecule has 1 saturated heterocycles. The van der Waals surface area contributed by atoms with Crippen molar-refractivity contribution in [3.63, 3.8) is 0 Å². The average molecular weight is 453 g/mol. The van der Waals surface area contributed by atoms with E-state index in [9.17, 15) is 17.6 Å². The Kier molecular flexibility index (Phi) is 6.67. The first-order chi connectivity index (χ1) is 15.4. The van der Waals surface area contributed by atoms with Crippen LogP contribution >= 0.6 is 0 Å². The first-order valence-electron chi connectivity index (χ1n) is 10.6. The number of sulfonamides is 1. The zero-order chi connectivity index (χ0) is 22.6. The molecule has 1 fully saturated rings. The summed E-state index contributed by atoms with van der Waals surface area (Å²) in [5.41, 5.74) is 1.94. The van der Waals surface area contributed by atoms with Gasteiger partial charge in [0.25, 0.3) is 5.91 Å². The van der Waals surface area contributed by atoms with E-state index in [4.69, 9.17) is 0 Å². The highest BCUT2D eigenvalue weighted by Gasteiger charge is 2.29. The molecular formula is C25H25FN2O3S. The van der Waals surface area contributed by atoms with Crippen LogP contribution in [0.3, 0.4) is 0 Å². The lowest BCUT2D eigenvalue weighted by atomic mass is 9.91. The number of amides is 1. The van der Waals surface area contributed by atoms with Crippen LogP contribution in [-0.4, -0.2) is 31.7 Å². The Hall–Kier alpha value is -3.03. The van der Waals surface area contributed by atoms with Crippen molar-refractivity contribution in [2.45, 2.75) is 24.2 Å². The van der Waals surface area contributed by atoms with Gasteiger partial charge in [-0.3, -0.25) is 4.79 Å². The second kappa shape index (κ2) is 9.63. The summed E-state index contributed by atoms with van der Waals surface area (Å²) in [5, 5.41) is 2.66. The quantitative estimate of drug-likeness (QED) is 0.588. The van der Waals surface area contributed by atoms with E-state index in [-0.39, 0.29) is 10.5 Å². The number of nitrogens with zero attached hydrogens (tertiary/aromatic N) is 1. The van der Waals surface area contributed by atoms with Crippen LogP contribution in [0.1, 0.15) is 28.8 Å². The largest absolute Gasteiger partial charge is 0.322 e. The summed E-state index contributed by atoms with van der Waals surface area (Å²) in [7, 11) is -3.69. The molecule has 166 valence electrons. The fourth-order valence-electron chi connectivity index (χ4n) is 3.98. The third kappa shape index (κ3) is 5.23. The number of rotatable bonds is 6. The standard InChI is InChI=1S/C25H25FN2O3S/c26-22-9-11-23(12-10-22)27-25(29)21-7-4-8-24(18-21)32(30,31)28-15-13-20(14-16-28)17-19-5-2-1-3-6-19/h1-12,18,20H,13-17H2,(H,27,29). The molecular weight excluding hydrogens is 427 g/mol. The molecule has 0 saturated carbocycles. The van der Waals surface area contributed by atoms with Crippen LogP contribution in [0.15, 0.2) is 83.8 Å². The first-order valence-corrected chi connectivity index (χ1v) is 12.1. The molecule has 0 unspecified atom stereocenters. The molecule has 1 aliphatic heterocycles. The van der Waals surface area contributed by atoms with Gasteiger partial charge in [-0.15, -0.1) is 0 Å². The molecule has 0 radical (unpaired) electrons. The lowest BCUT2D eigenvalue weighted by Gasteiger charge is -2.31. The minimum Gasteiger partial charge on any atom is -0.322 e. The van der Waals surface area contributed by atoms with Crippen molar-refractivity contribution in [3.05, 3.63) is 95.8 Å². The van der Waals surface area contributed by atoms with Gasteiger partial charge < -0.3 is 5.32 Å². The number of anilines is 1. The number of nitrogens with one attached hydrogen (secondary N) is 1. The highest BCUT2D eigenvalue weighted by atomic mass is 32.2. The predicted octanol–water partition coefficient (Wildman–Crippen LogP) is 4.72. The number of halogens is 1. The first kappa shape index (κ1) is 22.2. The van der Waals surface area contributed by atoms with Crippen LogP contribution in [0.2, 0.25) is 0 Å². The molecule has 5 nitrogen and oxygen atoms in total. The summed E-state index contributed by atoms with van der Waals surface area (Å²) >= 11 is 0. The van der Waals surface area contributed by atoms with Crippen molar-refractivity contribution >= 4 is 21.6 Å². The van der Waals surface area contributed by atoms with E-state index in [1.165, 1.54) is 46.3 Å². The van der Waals surface area contributed by atoms with Crippen LogP contribution in [0.5, 0.6) is 0 Å². The van der Waals surface area contributed by atoms with E-state index in [1.54, 1.807) is 12.1 Å². The Bertz CT molecular complexity index is 1170. The maximum atomic E-state index is 13.2. The highest BCUT2D eigenvalue weighted by molar-refractivity contribution is 7.89. The molecule has 7 heteroatoms. The molecule has 0 aliphatic carbocycles. The Labute approximate surface area is 187 Å². The third-order valence-corrected chi connectivity index (χ3v) is 7.67. The van der Waals surface area contributed by atoms with Crippen LogP contribution in [0.25, 0.3) is 0 Å². The summed E-state index contributed by atoms with van der Waals surface area (Å²) in [6.45, 7) is 0.928. The zero-order valence-electron chi connectivity index (χ0n) is 17.6. The highest BCUT2D eigenvalue weighted by Crippen LogP contribution is 2.26. The molecule has 4 rings (SSSR count). The van der Waals surface area contributed by atoms with Gasteiger partial charge in [0.05, 0.1) is 4.90 Å². The summed E-state index contributed by atoms with van der Waals surface area (Å²) in [6.07, 6.45) is 2.56. The minimum atomic E-state index is -3.69. The van der Waals surface area contributed by atoms with Gasteiger partial charge in [0.15, 0.2) is 0 Å². The Morgan fingerprint density at radius 3 is 2.31 bits per heavy atom. The molecule has 3 aromatic carbocycles. The molecule has 1 aliphatic rings. The summed E-state index contributed by atoms with van der Waals surface area (Å²) < 4.78 is 40.9. The fourth-order valence-corrected chi connectivity index (χ4v) is 5.50. The monoisotopic (exact) mass is 452 g/mol. The maximum Gasteiger partial charge on any atom is 0.255 e. The average Bonchev–Trinajstić information content (AvgIpc) is 2.82. The Morgan fingerprint density at radius 2 is 1.62 bits per heavy atom. The lowest BCUT2D eigenvalue weighted by Crippen LogP contribution is -2.38. The second-order valence-corrected chi connectivity index (χ2v) is 9.96. The van der Waals surface area contributed by atoms with Crippen molar-refractivity contribution in [2.24, 2.45) is 5.92 Å². The summed E-state index contributed by atoms with van der Waals surface area (Å²) in [6, 6.07) is 21.7. The number of carbonyl (C=O) groups is 1. The number of hydrogen-bond donors (Lipinski definition) is 1. The van der Waals surface area contributed by atoms with Gasteiger partial charge in [-0.2, -0.15) is 4.31 Å². The van der Waals surface area contributed by atoms with E-state index in [0.717, 1.165) is 19.3 Å². The van der Waals surface area contributed by atoms with Crippen molar-refractivity contribution in [1.29, 1.82) is 0 Å².